The van der Waals surface area contributed by atoms with Crippen LogP contribution >= 0.6 is 0 Å². The van der Waals surface area contributed by atoms with Gasteiger partial charge in [0, 0.05) is 19.3 Å². The summed E-state index contributed by atoms with van der Waals surface area (Å²) in [4.78, 5) is 0. The number of nitrogens with one attached hydrogen (secondary N) is 1. The summed E-state index contributed by atoms with van der Waals surface area (Å²) in [6.07, 6.45) is 7.78. The lowest BCUT2D eigenvalue weighted by molar-refractivity contribution is 0.798. The molecule has 0 aliphatic rings. The molecule has 4 nitrogen and oxygen atoms in total. The van der Waals surface area contributed by atoms with Crippen molar-refractivity contribution in [3.63, 3.8) is 0 Å². The number of rotatable bonds is 5. The minimum absolute atomic E-state index is 0.594. The molecule has 1 aromatic heterocycles. The van der Waals surface area contributed by atoms with Crippen LogP contribution in [-0.4, -0.2) is 20.6 Å². The van der Waals surface area contributed by atoms with Gasteiger partial charge >= 0.3 is 0 Å². The molecule has 0 aromatic carbocycles. The Kier molecular flexibility index (Phi) is 11.4. The van der Waals surface area contributed by atoms with E-state index in [9.17, 15) is 0 Å². The Morgan fingerprint density at radius 1 is 0.783 bits per heavy atom. The van der Waals surface area contributed by atoms with Crippen molar-refractivity contribution in [1.82, 2.24) is 20.6 Å². The number of aromatic amines is 1. The molecule has 0 aliphatic carbocycles. The molecule has 0 fully saturated rings. The van der Waals surface area contributed by atoms with E-state index in [1.165, 1.54) is 12.8 Å². The molecule has 0 amide bonds. The van der Waals surface area contributed by atoms with Crippen molar-refractivity contribution < 1.29 is 0 Å². The summed E-state index contributed by atoms with van der Waals surface area (Å²) >= 11 is 0. The second-order valence-electron chi connectivity index (χ2n) is 4.75. The first-order valence-electron chi connectivity index (χ1n) is 7.99. The topological polar surface area (TPSA) is 54.5 Å². The number of H-pyrrole nitrogens is 1. The number of hydrogen-bond acceptors (Lipinski definition) is 3. The van der Waals surface area contributed by atoms with Gasteiger partial charge in [-0.3, -0.25) is 0 Å². The third kappa shape index (κ3) is 11.6. The van der Waals surface area contributed by atoms with Crippen molar-refractivity contribution in [1.29, 1.82) is 0 Å². The number of nitrogens with zero attached hydrogens (tertiary/aromatic N) is 3. The van der Waals surface area contributed by atoms with Gasteiger partial charge in [0.25, 0.3) is 0 Å². The van der Waals surface area contributed by atoms with Gasteiger partial charge in [0.05, 0.1) is 19.3 Å². The SMILES string of the molecule is CCCCC#CCC#CCC#CCC#CCCCc1nnn[nH]1. The van der Waals surface area contributed by atoms with Crippen LogP contribution in [0.15, 0.2) is 0 Å². The van der Waals surface area contributed by atoms with Gasteiger partial charge in [-0.25, -0.2) is 5.10 Å². The normalized spacial score (nSPS) is 8.39. The number of unbranched alkanes of at least 4 members (excludes halogenated alkanes) is 3. The fraction of sp³-hybridized carbons (Fsp3) is 0.526. The van der Waals surface area contributed by atoms with E-state index in [2.05, 4.69) is 74.9 Å². The molecule has 0 radical (unpaired) electrons. The molecule has 23 heavy (non-hydrogen) atoms. The summed E-state index contributed by atoms with van der Waals surface area (Å²) in [5, 5.41) is 13.6. The monoisotopic (exact) mass is 306 g/mol. The zero-order valence-corrected chi connectivity index (χ0v) is 13.7. The lowest BCUT2D eigenvalue weighted by Crippen LogP contribution is -1.87. The van der Waals surface area contributed by atoms with E-state index in [0.29, 0.717) is 19.3 Å². The van der Waals surface area contributed by atoms with E-state index in [4.69, 9.17) is 0 Å². The smallest absolute Gasteiger partial charge is 0.148 e. The van der Waals surface area contributed by atoms with Gasteiger partial charge < -0.3 is 0 Å². The summed E-state index contributed by atoms with van der Waals surface area (Å²) in [6.45, 7) is 2.17. The zero-order valence-electron chi connectivity index (χ0n) is 13.7. The van der Waals surface area contributed by atoms with E-state index in [0.717, 1.165) is 31.5 Å². The van der Waals surface area contributed by atoms with Crippen molar-refractivity contribution in [3.05, 3.63) is 5.82 Å². The summed E-state index contributed by atoms with van der Waals surface area (Å²) in [6, 6.07) is 0. The van der Waals surface area contributed by atoms with Crippen molar-refractivity contribution >= 4 is 0 Å². The molecule has 0 bridgehead atoms. The highest BCUT2D eigenvalue weighted by atomic mass is 15.5. The van der Waals surface area contributed by atoms with Crippen molar-refractivity contribution in [2.75, 3.05) is 0 Å². The second-order valence-corrected chi connectivity index (χ2v) is 4.75. The van der Waals surface area contributed by atoms with Crippen LogP contribution in [0.25, 0.3) is 0 Å². The lowest BCUT2D eigenvalue weighted by Gasteiger charge is -1.88. The average molecular weight is 306 g/mol. The molecular weight excluding hydrogens is 284 g/mol. The molecule has 0 spiro atoms. The third-order valence-electron chi connectivity index (χ3n) is 2.79. The first kappa shape index (κ1) is 18.4. The fourth-order valence-corrected chi connectivity index (χ4v) is 1.58. The second kappa shape index (κ2) is 14.3. The van der Waals surface area contributed by atoms with Gasteiger partial charge in [-0.15, -0.1) is 16.9 Å². The lowest BCUT2D eigenvalue weighted by atomic mass is 10.2. The molecule has 0 saturated heterocycles. The molecule has 0 aliphatic heterocycles. The van der Waals surface area contributed by atoms with Gasteiger partial charge in [0.15, 0.2) is 0 Å². The Bertz CT molecular complexity index is 658. The first-order chi connectivity index (χ1) is 11.4. The molecule has 1 aromatic rings. The summed E-state index contributed by atoms with van der Waals surface area (Å²) in [7, 11) is 0. The minimum Gasteiger partial charge on any atom is -0.243 e. The maximum atomic E-state index is 3.82. The number of tetrazole rings is 1. The van der Waals surface area contributed by atoms with Gasteiger partial charge in [-0.05, 0) is 23.3 Å². The Balaban J connectivity index is 2.01. The highest BCUT2D eigenvalue weighted by Gasteiger charge is 1.94. The third-order valence-corrected chi connectivity index (χ3v) is 2.79. The molecule has 1 heterocycles. The molecule has 1 rings (SSSR count). The largest absolute Gasteiger partial charge is 0.243 e. The molecule has 0 saturated carbocycles. The van der Waals surface area contributed by atoms with E-state index in [1.807, 2.05) is 0 Å². The highest BCUT2D eigenvalue weighted by molar-refractivity contribution is 5.18. The number of aryl methyl sites for hydroxylation is 1. The standard InChI is InChI=1S/C19H22N4/c1-2-3-4-5-6-7-8-9-10-11-12-13-14-15-16-17-18-19-20-22-23-21-19/h2-4,7,10,13,16-18H2,1H3,(H,20,21,22,23). The summed E-state index contributed by atoms with van der Waals surface area (Å²) in [5.41, 5.74) is 0. The van der Waals surface area contributed by atoms with E-state index in [1.54, 1.807) is 0 Å². The molecule has 1 N–H and O–H groups in total. The zero-order chi connectivity index (χ0) is 16.4. The molecular formula is C19H22N4. The van der Waals surface area contributed by atoms with Crippen LogP contribution in [0.3, 0.4) is 0 Å². The fourth-order valence-electron chi connectivity index (χ4n) is 1.58. The first-order valence-corrected chi connectivity index (χ1v) is 7.99. The van der Waals surface area contributed by atoms with Crippen LogP contribution in [0.5, 0.6) is 0 Å². The van der Waals surface area contributed by atoms with Crippen molar-refractivity contribution in [2.24, 2.45) is 0 Å². The van der Waals surface area contributed by atoms with Gasteiger partial charge in [-0.2, -0.15) is 0 Å². The van der Waals surface area contributed by atoms with Gasteiger partial charge in [-0.1, -0.05) is 48.9 Å². The van der Waals surface area contributed by atoms with Gasteiger partial charge in [0.2, 0.25) is 0 Å². The van der Waals surface area contributed by atoms with Crippen LogP contribution in [0, 0.1) is 47.4 Å². The van der Waals surface area contributed by atoms with Crippen LogP contribution in [0.1, 0.15) is 64.1 Å². The average Bonchev–Trinajstić information content (AvgIpc) is 3.08. The molecule has 0 atom stereocenters. The maximum Gasteiger partial charge on any atom is 0.148 e. The maximum absolute atomic E-state index is 3.82. The Morgan fingerprint density at radius 2 is 1.35 bits per heavy atom. The van der Waals surface area contributed by atoms with E-state index < -0.39 is 0 Å². The number of hydrogen-bond donors (Lipinski definition) is 1. The van der Waals surface area contributed by atoms with Crippen molar-refractivity contribution in [3.8, 4) is 47.4 Å². The van der Waals surface area contributed by atoms with Gasteiger partial charge in [0.1, 0.15) is 5.82 Å². The van der Waals surface area contributed by atoms with Crippen molar-refractivity contribution in [2.45, 2.75) is 64.7 Å². The predicted octanol–water partition coefficient (Wildman–Crippen LogP) is 2.90. The van der Waals surface area contributed by atoms with E-state index in [-0.39, 0.29) is 0 Å². The minimum atomic E-state index is 0.594. The van der Waals surface area contributed by atoms with Crippen LogP contribution in [0.2, 0.25) is 0 Å². The summed E-state index contributed by atoms with van der Waals surface area (Å²) < 4.78 is 0. The Labute approximate surface area is 139 Å². The molecule has 4 heteroatoms. The molecule has 118 valence electrons. The molecule has 0 unspecified atom stereocenters. The summed E-state index contributed by atoms with van der Waals surface area (Å²) in [5.74, 6) is 25.1. The number of aromatic nitrogens is 4. The highest BCUT2D eigenvalue weighted by Crippen LogP contribution is 1.95. The van der Waals surface area contributed by atoms with Crippen LogP contribution in [-0.2, 0) is 6.42 Å². The van der Waals surface area contributed by atoms with Crippen LogP contribution in [0.4, 0.5) is 0 Å². The van der Waals surface area contributed by atoms with Crippen LogP contribution < -0.4 is 0 Å². The van der Waals surface area contributed by atoms with E-state index >= 15 is 0 Å². The predicted molar refractivity (Wildman–Crippen MR) is 91.6 cm³/mol. The Hall–Kier alpha value is -2.69. The Morgan fingerprint density at radius 3 is 1.87 bits per heavy atom. The quantitative estimate of drug-likeness (QED) is 0.672.